The summed E-state index contributed by atoms with van der Waals surface area (Å²) < 4.78 is 15.8. The lowest BCUT2D eigenvalue weighted by Crippen LogP contribution is -2.07. The summed E-state index contributed by atoms with van der Waals surface area (Å²) in [5.74, 6) is 0.985. The molecule has 0 saturated heterocycles. The molecule has 0 spiro atoms. The van der Waals surface area contributed by atoms with Crippen molar-refractivity contribution < 1.29 is 4.39 Å². The Morgan fingerprint density at radius 2 is 2.08 bits per heavy atom. The zero-order valence-electron chi connectivity index (χ0n) is 13.7. The van der Waals surface area contributed by atoms with Crippen molar-refractivity contribution in [1.29, 1.82) is 0 Å². The molecule has 0 bridgehead atoms. The van der Waals surface area contributed by atoms with E-state index in [1.807, 2.05) is 10.6 Å². The highest BCUT2D eigenvalue weighted by atomic mass is 32.2. The van der Waals surface area contributed by atoms with Crippen LogP contribution in [-0.2, 0) is 12.3 Å². The molecule has 0 amide bonds. The number of hydrogen-bond donors (Lipinski definition) is 1. The number of benzene rings is 1. The highest BCUT2D eigenvalue weighted by Gasteiger charge is 2.14. The van der Waals surface area contributed by atoms with E-state index in [2.05, 4.69) is 28.8 Å². The zero-order chi connectivity index (χ0) is 17.1. The third-order valence-electron chi connectivity index (χ3n) is 3.98. The standard InChI is InChI=1S/C17H20FN5S/c1-3-11(2)8-23-10-20-14-15(23)21-17(19)22-16(14)24-9-12-6-4-5-7-13(12)18/h4-7,10-11H,3,8-9H2,1-2H3,(H2,19,21,22)/t11-/m0/s1. The van der Waals surface area contributed by atoms with Crippen molar-refractivity contribution in [3.05, 3.63) is 42.0 Å². The highest BCUT2D eigenvalue weighted by Crippen LogP contribution is 2.28. The monoisotopic (exact) mass is 345 g/mol. The molecule has 126 valence electrons. The fourth-order valence-electron chi connectivity index (χ4n) is 2.40. The van der Waals surface area contributed by atoms with Crippen LogP contribution in [-0.4, -0.2) is 19.5 Å². The second-order valence-corrected chi connectivity index (χ2v) is 6.81. The Kier molecular flexibility index (Phi) is 4.99. The highest BCUT2D eigenvalue weighted by molar-refractivity contribution is 7.98. The topological polar surface area (TPSA) is 69.6 Å². The number of halogens is 1. The maximum Gasteiger partial charge on any atom is 0.223 e. The SMILES string of the molecule is CC[C@H](C)Cn1cnc2c(SCc3ccccc3F)nc(N)nc21. The van der Waals surface area contributed by atoms with Gasteiger partial charge in [-0.05, 0) is 17.5 Å². The van der Waals surface area contributed by atoms with Crippen LogP contribution in [0.5, 0.6) is 0 Å². The molecule has 3 rings (SSSR count). The first-order valence-electron chi connectivity index (χ1n) is 7.93. The van der Waals surface area contributed by atoms with E-state index in [9.17, 15) is 4.39 Å². The van der Waals surface area contributed by atoms with Gasteiger partial charge in [-0.2, -0.15) is 4.98 Å². The fourth-order valence-corrected chi connectivity index (χ4v) is 3.36. The van der Waals surface area contributed by atoms with Gasteiger partial charge >= 0.3 is 0 Å². The number of anilines is 1. The van der Waals surface area contributed by atoms with Crippen molar-refractivity contribution in [2.24, 2.45) is 5.92 Å². The van der Waals surface area contributed by atoms with E-state index in [-0.39, 0.29) is 11.8 Å². The van der Waals surface area contributed by atoms with Crippen molar-refractivity contribution in [3.8, 4) is 0 Å². The Hall–Kier alpha value is -2.15. The first-order valence-corrected chi connectivity index (χ1v) is 8.91. The van der Waals surface area contributed by atoms with Crippen LogP contribution < -0.4 is 5.73 Å². The van der Waals surface area contributed by atoms with Gasteiger partial charge in [0.05, 0.1) is 6.33 Å². The van der Waals surface area contributed by atoms with Crippen molar-refractivity contribution in [1.82, 2.24) is 19.5 Å². The molecule has 0 unspecified atom stereocenters. The average molecular weight is 345 g/mol. The maximum absolute atomic E-state index is 13.8. The van der Waals surface area contributed by atoms with Gasteiger partial charge in [-0.25, -0.2) is 14.4 Å². The first-order chi connectivity index (χ1) is 11.6. The van der Waals surface area contributed by atoms with Crippen LogP contribution in [0.15, 0.2) is 35.6 Å². The summed E-state index contributed by atoms with van der Waals surface area (Å²) in [5, 5.41) is 0.684. The second kappa shape index (κ2) is 7.17. The van der Waals surface area contributed by atoms with Gasteiger partial charge in [-0.3, -0.25) is 0 Å². The van der Waals surface area contributed by atoms with Gasteiger partial charge in [0.1, 0.15) is 16.4 Å². The molecular formula is C17H20FN5S. The Morgan fingerprint density at radius 1 is 1.29 bits per heavy atom. The van der Waals surface area contributed by atoms with E-state index in [1.54, 1.807) is 18.5 Å². The van der Waals surface area contributed by atoms with E-state index in [0.717, 1.165) is 18.6 Å². The summed E-state index contributed by atoms with van der Waals surface area (Å²) in [7, 11) is 0. The Bertz CT molecular complexity index is 848. The molecule has 0 aliphatic carbocycles. The number of hydrogen-bond acceptors (Lipinski definition) is 5. The van der Waals surface area contributed by atoms with Gasteiger partial charge in [-0.15, -0.1) is 0 Å². The summed E-state index contributed by atoms with van der Waals surface area (Å²) in [6.45, 7) is 5.17. The second-order valence-electron chi connectivity index (χ2n) is 5.85. The number of rotatable bonds is 6. The first kappa shape index (κ1) is 16.7. The Balaban J connectivity index is 1.89. The van der Waals surface area contributed by atoms with Crippen molar-refractivity contribution in [2.45, 2.75) is 37.6 Å². The normalized spacial score (nSPS) is 12.6. The number of thioether (sulfide) groups is 1. The van der Waals surface area contributed by atoms with Gasteiger partial charge in [0.2, 0.25) is 5.95 Å². The van der Waals surface area contributed by atoms with E-state index in [0.29, 0.717) is 27.8 Å². The van der Waals surface area contributed by atoms with E-state index >= 15 is 0 Å². The Labute approximate surface area is 144 Å². The zero-order valence-corrected chi connectivity index (χ0v) is 14.6. The molecule has 7 heteroatoms. The van der Waals surface area contributed by atoms with Crippen LogP contribution in [0.1, 0.15) is 25.8 Å². The molecule has 24 heavy (non-hydrogen) atoms. The molecule has 1 atom stereocenters. The molecule has 0 radical (unpaired) electrons. The van der Waals surface area contributed by atoms with Crippen LogP contribution >= 0.6 is 11.8 Å². The molecule has 0 aliphatic rings. The third-order valence-corrected chi connectivity index (χ3v) is 4.99. The molecule has 2 aromatic heterocycles. The maximum atomic E-state index is 13.8. The van der Waals surface area contributed by atoms with E-state index in [4.69, 9.17) is 5.73 Å². The molecule has 0 aliphatic heterocycles. The Morgan fingerprint density at radius 3 is 2.83 bits per heavy atom. The molecule has 0 saturated carbocycles. The summed E-state index contributed by atoms with van der Waals surface area (Å²) in [5.41, 5.74) is 7.95. The van der Waals surface area contributed by atoms with Gasteiger partial charge in [0, 0.05) is 12.3 Å². The van der Waals surface area contributed by atoms with Crippen molar-refractivity contribution in [3.63, 3.8) is 0 Å². The van der Waals surface area contributed by atoms with E-state index < -0.39 is 0 Å². The van der Waals surface area contributed by atoms with Crippen molar-refractivity contribution >= 4 is 28.9 Å². The van der Waals surface area contributed by atoms with Crippen LogP contribution in [0.25, 0.3) is 11.2 Å². The van der Waals surface area contributed by atoms with Gasteiger partial charge in [0.25, 0.3) is 0 Å². The smallest absolute Gasteiger partial charge is 0.223 e. The molecule has 2 heterocycles. The number of nitrogens with two attached hydrogens (primary N) is 1. The molecule has 2 N–H and O–H groups in total. The molecule has 1 aromatic carbocycles. The van der Waals surface area contributed by atoms with Crippen LogP contribution in [0.2, 0.25) is 0 Å². The largest absolute Gasteiger partial charge is 0.368 e. The quantitative estimate of drug-likeness (QED) is 0.542. The number of nitrogens with zero attached hydrogens (tertiary/aromatic N) is 4. The summed E-state index contributed by atoms with van der Waals surface area (Å²) in [6.07, 6.45) is 2.85. The minimum Gasteiger partial charge on any atom is -0.368 e. The average Bonchev–Trinajstić information content (AvgIpc) is 2.96. The third kappa shape index (κ3) is 3.51. The molecule has 5 nitrogen and oxygen atoms in total. The lowest BCUT2D eigenvalue weighted by molar-refractivity contribution is 0.474. The fraction of sp³-hybridized carbons (Fsp3) is 0.353. The van der Waals surface area contributed by atoms with E-state index in [1.165, 1.54) is 17.8 Å². The number of imidazole rings is 1. The summed E-state index contributed by atoms with van der Waals surface area (Å²) in [6, 6.07) is 6.73. The number of nitrogen functional groups attached to an aromatic ring is 1. The number of fused-ring (bicyclic) bond motifs is 1. The molecule has 0 fully saturated rings. The minimum absolute atomic E-state index is 0.212. The van der Waals surface area contributed by atoms with Crippen molar-refractivity contribution in [2.75, 3.05) is 5.73 Å². The van der Waals surface area contributed by atoms with Crippen LogP contribution in [0.3, 0.4) is 0 Å². The molecule has 3 aromatic rings. The van der Waals surface area contributed by atoms with Gasteiger partial charge < -0.3 is 10.3 Å². The summed E-state index contributed by atoms with van der Waals surface area (Å²) in [4.78, 5) is 13.1. The van der Waals surface area contributed by atoms with Crippen LogP contribution in [0, 0.1) is 11.7 Å². The molecular weight excluding hydrogens is 325 g/mol. The lowest BCUT2D eigenvalue weighted by Gasteiger charge is -2.10. The predicted octanol–water partition coefficient (Wildman–Crippen LogP) is 3.89. The summed E-state index contributed by atoms with van der Waals surface area (Å²) >= 11 is 1.42. The van der Waals surface area contributed by atoms with Crippen LogP contribution in [0.4, 0.5) is 10.3 Å². The minimum atomic E-state index is -0.217. The predicted molar refractivity (Wildman–Crippen MR) is 95.2 cm³/mol. The van der Waals surface area contributed by atoms with Gasteiger partial charge in [0.15, 0.2) is 5.65 Å². The van der Waals surface area contributed by atoms with Gasteiger partial charge in [-0.1, -0.05) is 50.2 Å². The lowest BCUT2D eigenvalue weighted by atomic mass is 10.1. The number of aromatic nitrogens is 4.